The average Bonchev–Trinajstić information content (AvgIpc) is 2.04. The maximum atomic E-state index is 3.86. The Kier molecular flexibility index (Phi) is 2.12. The molecule has 11 heavy (non-hydrogen) atoms. The van der Waals surface area contributed by atoms with Crippen molar-refractivity contribution in [1.29, 1.82) is 0 Å². The van der Waals surface area contributed by atoms with E-state index in [0.29, 0.717) is 0 Å². The van der Waals surface area contributed by atoms with Crippen LogP contribution in [0.1, 0.15) is 0 Å². The van der Waals surface area contributed by atoms with Gasteiger partial charge in [0.15, 0.2) is 0 Å². The third kappa shape index (κ3) is 1.32. The zero-order valence-corrected chi connectivity index (χ0v) is 6.43. The van der Waals surface area contributed by atoms with Crippen molar-refractivity contribution in [2.24, 2.45) is 0 Å². The van der Waals surface area contributed by atoms with E-state index in [0.717, 1.165) is 16.8 Å². The molecular weight excluding hydrogens is 134 g/mol. The molecule has 0 aliphatic carbocycles. The monoisotopic (exact) mass is 145 g/mol. The van der Waals surface area contributed by atoms with E-state index in [2.05, 4.69) is 25.1 Å². The molecule has 0 aromatic heterocycles. The summed E-state index contributed by atoms with van der Waals surface area (Å²) in [7, 11) is 0. The number of rotatable bonds is 2. The summed E-state index contributed by atoms with van der Waals surface area (Å²) in [6.45, 7) is 11.2. The topological polar surface area (TPSA) is 12.0 Å². The van der Waals surface area contributed by atoms with Gasteiger partial charge in [-0.2, -0.15) is 0 Å². The SMILES string of the molecule is C=CC1=C(C=C)C(=C)C=CN1. The molecule has 1 heterocycles. The van der Waals surface area contributed by atoms with E-state index in [1.54, 1.807) is 12.2 Å². The van der Waals surface area contributed by atoms with Gasteiger partial charge in [-0.15, -0.1) is 0 Å². The van der Waals surface area contributed by atoms with Gasteiger partial charge in [0.05, 0.1) is 0 Å². The Hall–Kier alpha value is -1.50. The van der Waals surface area contributed by atoms with Gasteiger partial charge in [0.1, 0.15) is 0 Å². The molecule has 0 saturated carbocycles. The molecule has 1 nitrogen and oxygen atoms in total. The largest absolute Gasteiger partial charge is 0.361 e. The first-order valence-electron chi connectivity index (χ1n) is 3.41. The van der Waals surface area contributed by atoms with Crippen molar-refractivity contribution in [2.75, 3.05) is 0 Å². The zero-order chi connectivity index (χ0) is 8.27. The van der Waals surface area contributed by atoms with Crippen LogP contribution in [0.4, 0.5) is 0 Å². The van der Waals surface area contributed by atoms with Crippen LogP contribution < -0.4 is 5.32 Å². The van der Waals surface area contributed by atoms with Crippen LogP contribution in [0, 0.1) is 0 Å². The summed E-state index contributed by atoms with van der Waals surface area (Å²) < 4.78 is 0. The molecule has 0 fully saturated rings. The Bertz CT molecular complexity index is 267. The summed E-state index contributed by atoms with van der Waals surface area (Å²) in [5.41, 5.74) is 2.95. The lowest BCUT2D eigenvalue weighted by molar-refractivity contribution is 1.07. The first kappa shape index (κ1) is 7.61. The molecule has 0 aromatic rings. The molecular formula is C10H11N. The summed E-state index contributed by atoms with van der Waals surface area (Å²) >= 11 is 0. The molecule has 56 valence electrons. The molecule has 0 atom stereocenters. The van der Waals surface area contributed by atoms with Crippen LogP contribution >= 0.6 is 0 Å². The second-order valence-electron chi connectivity index (χ2n) is 2.24. The summed E-state index contributed by atoms with van der Waals surface area (Å²) in [4.78, 5) is 0. The minimum atomic E-state index is 0.965. The maximum Gasteiger partial charge on any atom is 0.0453 e. The minimum Gasteiger partial charge on any atom is -0.361 e. The van der Waals surface area contributed by atoms with Gasteiger partial charge in [-0.05, 0) is 17.7 Å². The van der Waals surface area contributed by atoms with Crippen LogP contribution in [0.25, 0.3) is 0 Å². The predicted octanol–water partition coefficient (Wildman–Crippen LogP) is 2.29. The Morgan fingerprint density at radius 1 is 1.27 bits per heavy atom. The van der Waals surface area contributed by atoms with E-state index in [4.69, 9.17) is 0 Å². The molecule has 1 N–H and O–H groups in total. The van der Waals surface area contributed by atoms with E-state index in [1.165, 1.54) is 0 Å². The Balaban J connectivity index is 3.08. The minimum absolute atomic E-state index is 0.965. The van der Waals surface area contributed by atoms with Gasteiger partial charge in [-0.25, -0.2) is 0 Å². The second-order valence-corrected chi connectivity index (χ2v) is 2.24. The first-order chi connectivity index (χ1) is 5.29. The van der Waals surface area contributed by atoms with Crippen molar-refractivity contribution in [3.05, 3.63) is 61.0 Å². The van der Waals surface area contributed by atoms with Crippen LogP contribution in [0.2, 0.25) is 0 Å². The van der Waals surface area contributed by atoms with Gasteiger partial charge in [-0.3, -0.25) is 0 Å². The van der Waals surface area contributed by atoms with Crippen molar-refractivity contribution in [1.82, 2.24) is 5.32 Å². The number of allylic oxidation sites excluding steroid dienone is 5. The Labute approximate surface area is 67.1 Å². The molecule has 0 bridgehead atoms. The fourth-order valence-electron chi connectivity index (χ4n) is 0.982. The molecule has 0 unspecified atom stereocenters. The Morgan fingerprint density at radius 3 is 2.45 bits per heavy atom. The number of nitrogens with one attached hydrogen (secondary N) is 1. The smallest absolute Gasteiger partial charge is 0.0453 e. The first-order valence-corrected chi connectivity index (χ1v) is 3.41. The van der Waals surface area contributed by atoms with Crippen LogP contribution in [-0.2, 0) is 0 Å². The van der Waals surface area contributed by atoms with Gasteiger partial charge in [0, 0.05) is 17.5 Å². The number of dihydropyridines is 1. The molecule has 1 rings (SSSR count). The van der Waals surface area contributed by atoms with Crippen molar-refractivity contribution in [2.45, 2.75) is 0 Å². The van der Waals surface area contributed by atoms with Crippen LogP contribution in [-0.4, -0.2) is 0 Å². The lowest BCUT2D eigenvalue weighted by Gasteiger charge is -2.13. The second kappa shape index (κ2) is 3.06. The number of hydrogen-bond acceptors (Lipinski definition) is 1. The van der Waals surface area contributed by atoms with Gasteiger partial charge in [0.25, 0.3) is 0 Å². The molecule has 1 aliphatic heterocycles. The third-order valence-electron chi connectivity index (χ3n) is 1.57. The highest BCUT2D eigenvalue weighted by Crippen LogP contribution is 2.17. The molecule has 1 aliphatic rings. The molecule has 0 amide bonds. The lowest BCUT2D eigenvalue weighted by Crippen LogP contribution is -2.09. The normalized spacial score (nSPS) is 16.2. The highest BCUT2D eigenvalue weighted by atomic mass is 14.9. The highest BCUT2D eigenvalue weighted by Gasteiger charge is 2.04. The van der Waals surface area contributed by atoms with E-state index in [1.807, 2.05) is 12.3 Å². The van der Waals surface area contributed by atoms with Crippen LogP contribution in [0.3, 0.4) is 0 Å². The van der Waals surface area contributed by atoms with Gasteiger partial charge < -0.3 is 5.32 Å². The predicted molar refractivity (Wildman–Crippen MR) is 48.8 cm³/mol. The molecule has 1 heteroatoms. The van der Waals surface area contributed by atoms with Gasteiger partial charge >= 0.3 is 0 Å². The van der Waals surface area contributed by atoms with Crippen LogP contribution in [0.5, 0.6) is 0 Å². The summed E-state index contributed by atoms with van der Waals surface area (Å²) in [6, 6.07) is 0. The average molecular weight is 145 g/mol. The quantitative estimate of drug-likeness (QED) is 0.628. The standard InChI is InChI=1S/C10H11N/c1-4-9-8(3)6-7-11-10(9)5-2/h4-7,11H,1-3H2. The maximum absolute atomic E-state index is 3.86. The molecule has 0 radical (unpaired) electrons. The Morgan fingerprint density at radius 2 is 2.00 bits per heavy atom. The van der Waals surface area contributed by atoms with Gasteiger partial charge in [0.2, 0.25) is 0 Å². The lowest BCUT2D eigenvalue weighted by atomic mass is 10.0. The van der Waals surface area contributed by atoms with E-state index in [-0.39, 0.29) is 0 Å². The van der Waals surface area contributed by atoms with E-state index < -0.39 is 0 Å². The zero-order valence-electron chi connectivity index (χ0n) is 6.43. The fourth-order valence-corrected chi connectivity index (χ4v) is 0.982. The van der Waals surface area contributed by atoms with Crippen molar-refractivity contribution >= 4 is 0 Å². The molecule has 0 spiro atoms. The van der Waals surface area contributed by atoms with Gasteiger partial charge in [-0.1, -0.05) is 25.8 Å². The molecule has 0 saturated heterocycles. The fraction of sp³-hybridized carbons (Fsp3) is 0. The number of hydrogen-bond donors (Lipinski definition) is 1. The van der Waals surface area contributed by atoms with E-state index >= 15 is 0 Å². The third-order valence-corrected chi connectivity index (χ3v) is 1.57. The van der Waals surface area contributed by atoms with Crippen molar-refractivity contribution < 1.29 is 0 Å². The summed E-state index contributed by atoms with van der Waals surface area (Å²) in [5, 5.41) is 3.05. The van der Waals surface area contributed by atoms with E-state index in [9.17, 15) is 0 Å². The summed E-state index contributed by atoms with van der Waals surface area (Å²) in [6.07, 6.45) is 7.28. The molecule has 0 aromatic carbocycles. The van der Waals surface area contributed by atoms with Crippen molar-refractivity contribution in [3.63, 3.8) is 0 Å². The highest BCUT2D eigenvalue weighted by molar-refractivity contribution is 5.52. The summed E-state index contributed by atoms with van der Waals surface area (Å²) in [5.74, 6) is 0. The van der Waals surface area contributed by atoms with Crippen molar-refractivity contribution in [3.8, 4) is 0 Å². The van der Waals surface area contributed by atoms with Crippen LogP contribution in [0.15, 0.2) is 61.0 Å².